The Balaban J connectivity index is 1.76. The molecule has 1 N–H and O–H groups in total. The van der Waals surface area contributed by atoms with Crippen LogP contribution < -0.4 is 19.5 Å². The van der Waals surface area contributed by atoms with E-state index >= 15 is 0 Å². The van der Waals surface area contributed by atoms with E-state index in [9.17, 15) is 4.79 Å². The van der Waals surface area contributed by atoms with Crippen molar-refractivity contribution in [3.8, 4) is 17.2 Å². The average molecular weight is 434 g/mol. The molecule has 0 bridgehead atoms. The van der Waals surface area contributed by atoms with E-state index in [1.807, 2.05) is 61.5 Å². The van der Waals surface area contributed by atoms with Gasteiger partial charge in [-0.2, -0.15) is 0 Å². The van der Waals surface area contributed by atoms with Crippen molar-refractivity contribution in [1.82, 2.24) is 5.32 Å². The van der Waals surface area contributed by atoms with Crippen LogP contribution in [0.25, 0.3) is 0 Å². The highest BCUT2D eigenvalue weighted by Crippen LogP contribution is 2.28. The Kier molecular flexibility index (Phi) is 8.14. The first-order valence-electron chi connectivity index (χ1n) is 10.9. The number of hydrogen-bond donors (Lipinski definition) is 1. The van der Waals surface area contributed by atoms with Crippen molar-refractivity contribution >= 4 is 5.91 Å². The van der Waals surface area contributed by atoms with E-state index in [1.54, 1.807) is 13.2 Å². The van der Waals surface area contributed by atoms with Gasteiger partial charge in [-0.25, -0.2) is 0 Å². The van der Waals surface area contributed by atoms with Crippen molar-refractivity contribution < 1.29 is 19.0 Å². The van der Waals surface area contributed by atoms with Crippen molar-refractivity contribution in [3.63, 3.8) is 0 Å². The van der Waals surface area contributed by atoms with Crippen molar-refractivity contribution in [2.45, 2.75) is 39.8 Å². The van der Waals surface area contributed by atoms with Crippen LogP contribution in [0.4, 0.5) is 0 Å². The summed E-state index contributed by atoms with van der Waals surface area (Å²) in [4.78, 5) is 12.8. The summed E-state index contributed by atoms with van der Waals surface area (Å²) in [6.07, 6.45) is 0. The molecular weight excluding hydrogens is 402 g/mol. The predicted molar refractivity (Wildman–Crippen MR) is 127 cm³/mol. The van der Waals surface area contributed by atoms with Gasteiger partial charge in [-0.15, -0.1) is 0 Å². The first kappa shape index (κ1) is 23.2. The Morgan fingerprint density at radius 2 is 1.59 bits per heavy atom. The molecule has 0 spiro atoms. The fourth-order valence-electron chi connectivity index (χ4n) is 3.50. The van der Waals surface area contributed by atoms with E-state index < -0.39 is 0 Å². The Hall–Kier alpha value is -3.47. The monoisotopic (exact) mass is 433 g/mol. The number of methoxy groups -OCH3 is 1. The molecule has 0 atom stereocenters. The lowest BCUT2D eigenvalue weighted by Crippen LogP contribution is -2.23. The summed E-state index contributed by atoms with van der Waals surface area (Å²) in [5, 5.41) is 2.97. The number of carbonyl (C=O) groups is 1. The molecule has 5 nitrogen and oxygen atoms in total. The molecule has 0 aliphatic rings. The average Bonchev–Trinajstić information content (AvgIpc) is 2.82. The highest BCUT2D eigenvalue weighted by atomic mass is 16.5. The lowest BCUT2D eigenvalue weighted by molar-refractivity contribution is 0.0950. The summed E-state index contributed by atoms with van der Waals surface area (Å²) in [7, 11) is 1.62. The van der Waals surface area contributed by atoms with Gasteiger partial charge in [-0.3, -0.25) is 4.79 Å². The fraction of sp³-hybridized carbons (Fsp3) is 0.296. The zero-order chi connectivity index (χ0) is 22.9. The smallest absolute Gasteiger partial charge is 0.251 e. The van der Waals surface area contributed by atoms with Gasteiger partial charge in [-0.05, 0) is 48.7 Å². The van der Waals surface area contributed by atoms with Crippen LogP contribution >= 0.6 is 0 Å². The topological polar surface area (TPSA) is 56.8 Å². The first-order chi connectivity index (χ1) is 15.5. The SMILES string of the molecule is CCOc1ccc(C(=O)NCc2ccccc2OC)cc1COc1ccccc1C(C)C. The van der Waals surface area contributed by atoms with E-state index in [2.05, 4.69) is 25.2 Å². The minimum absolute atomic E-state index is 0.164. The highest BCUT2D eigenvalue weighted by Gasteiger charge is 2.14. The summed E-state index contributed by atoms with van der Waals surface area (Å²) >= 11 is 0. The zero-order valence-electron chi connectivity index (χ0n) is 19.2. The lowest BCUT2D eigenvalue weighted by Gasteiger charge is -2.16. The second kappa shape index (κ2) is 11.2. The van der Waals surface area contributed by atoms with Crippen molar-refractivity contribution in [2.24, 2.45) is 0 Å². The molecular formula is C27H31NO4. The van der Waals surface area contributed by atoms with Gasteiger partial charge >= 0.3 is 0 Å². The van der Waals surface area contributed by atoms with Crippen LogP contribution in [0.1, 0.15) is 53.7 Å². The summed E-state index contributed by atoms with van der Waals surface area (Å²) in [5.74, 6) is 2.50. The zero-order valence-corrected chi connectivity index (χ0v) is 19.2. The Bertz CT molecular complexity index is 1050. The third kappa shape index (κ3) is 5.82. The highest BCUT2D eigenvalue weighted by molar-refractivity contribution is 5.94. The van der Waals surface area contributed by atoms with Gasteiger partial charge in [0, 0.05) is 23.2 Å². The molecule has 1 amide bonds. The maximum Gasteiger partial charge on any atom is 0.251 e. The normalized spacial score (nSPS) is 10.7. The van der Waals surface area contributed by atoms with Gasteiger partial charge in [0.15, 0.2) is 0 Å². The Labute approximate surface area is 190 Å². The molecule has 0 aliphatic heterocycles. The number of benzene rings is 3. The molecule has 32 heavy (non-hydrogen) atoms. The van der Waals surface area contributed by atoms with E-state index in [-0.39, 0.29) is 5.91 Å². The summed E-state index contributed by atoms with van der Waals surface area (Å²) < 4.78 is 17.3. The maximum atomic E-state index is 12.8. The molecule has 5 heteroatoms. The third-order valence-electron chi connectivity index (χ3n) is 5.18. The van der Waals surface area contributed by atoms with Crippen LogP contribution in [0.15, 0.2) is 66.7 Å². The molecule has 0 saturated heterocycles. The molecule has 3 rings (SSSR count). The van der Waals surface area contributed by atoms with Crippen molar-refractivity contribution in [3.05, 3.63) is 89.0 Å². The molecule has 0 fully saturated rings. The first-order valence-corrected chi connectivity index (χ1v) is 10.9. The van der Waals surface area contributed by atoms with Gasteiger partial charge in [0.1, 0.15) is 23.9 Å². The van der Waals surface area contributed by atoms with Crippen LogP contribution in [0.2, 0.25) is 0 Å². The fourth-order valence-corrected chi connectivity index (χ4v) is 3.50. The molecule has 0 saturated carbocycles. The second-order valence-electron chi connectivity index (χ2n) is 7.73. The summed E-state index contributed by atoms with van der Waals surface area (Å²) in [6, 6.07) is 21.1. The molecule has 0 heterocycles. The molecule has 0 unspecified atom stereocenters. The number of carbonyl (C=O) groups excluding carboxylic acids is 1. The molecule has 3 aromatic carbocycles. The predicted octanol–water partition coefficient (Wildman–Crippen LogP) is 5.73. The number of rotatable bonds is 10. The van der Waals surface area contributed by atoms with Crippen molar-refractivity contribution in [1.29, 1.82) is 0 Å². The van der Waals surface area contributed by atoms with E-state index in [0.29, 0.717) is 31.2 Å². The van der Waals surface area contributed by atoms with Gasteiger partial charge < -0.3 is 19.5 Å². The van der Waals surface area contributed by atoms with E-state index in [1.165, 1.54) is 0 Å². The quantitative estimate of drug-likeness (QED) is 0.444. The minimum Gasteiger partial charge on any atom is -0.496 e. The van der Waals surface area contributed by atoms with Crippen LogP contribution in [-0.4, -0.2) is 19.6 Å². The van der Waals surface area contributed by atoms with Crippen LogP contribution in [0.5, 0.6) is 17.2 Å². The number of ether oxygens (including phenoxy) is 3. The van der Waals surface area contributed by atoms with Crippen molar-refractivity contribution in [2.75, 3.05) is 13.7 Å². The maximum absolute atomic E-state index is 12.8. The second-order valence-corrected chi connectivity index (χ2v) is 7.73. The third-order valence-corrected chi connectivity index (χ3v) is 5.18. The molecule has 3 aromatic rings. The molecule has 0 radical (unpaired) electrons. The van der Waals surface area contributed by atoms with Gasteiger partial charge in [-0.1, -0.05) is 50.2 Å². The number of amides is 1. The molecule has 0 aromatic heterocycles. The Morgan fingerprint density at radius 3 is 2.31 bits per heavy atom. The van der Waals surface area contributed by atoms with Crippen LogP contribution in [-0.2, 0) is 13.2 Å². The van der Waals surface area contributed by atoms with Gasteiger partial charge in [0.2, 0.25) is 0 Å². The largest absolute Gasteiger partial charge is 0.496 e. The summed E-state index contributed by atoms with van der Waals surface area (Å²) in [6.45, 7) is 7.44. The molecule has 0 aliphatic carbocycles. The summed E-state index contributed by atoms with van der Waals surface area (Å²) in [5.41, 5.74) is 3.45. The number of hydrogen-bond acceptors (Lipinski definition) is 4. The number of nitrogens with one attached hydrogen (secondary N) is 1. The number of para-hydroxylation sites is 2. The van der Waals surface area contributed by atoms with E-state index in [0.717, 1.165) is 33.9 Å². The standard InChI is InChI=1S/C27H31NO4/c1-5-31-25-15-14-20(27(29)28-17-21-10-6-8-12-24(21)30-4)16-22(25)18-32-26-13-9-7-11-23(26)19(2)3/h6-16,19H,5,17-18H2,1-4H3,(H,28,29). The van der Waals surface area contributed by atoms with Crippen LogP contribution in [0, 0.1) is 0 Å². The minimum atomic E-state index is -0.164. The Morgan fingerprint density at radius 1 is 0.875 bits per heavy atom. The van der Waals surface area contributed by atoms with Gasteiger partial charge in [0.05, 0.1) is 13.7 Å². The van der Waals surface area contributed by atoms with E-state index in [4.69, 9.17) is 14.2 Å². The molecule has 168 valence electrons. The van der Waals surface area contributed by atoms with Gasteiger partial charge in [0.25, 0.3) is 5.91 Å². The lowest BCUT2D eigenvalue weighted by atomic mass is 10.0. The van der Waals surface area contributed by atoms with Crippen LogP contribution in [0.3, 0.4) is 0 Å².